The Balaban J connectivity index is 2.14. The molecule has 112 valence electrons. The monoisotopic (exact) mass is 300 g/mol. The first kappa shape index (κ1) is 16.6. The van der Waals surface area contributed by atoms with E-state index in [2.05, 4.69) is 10.6 Å². The third-order valence-corrected chi connectivity index (χ3v) is 3.43. The normalized spacial score (nSPS) is 11.9. The molecule has 1 aromatic rings. The Kier molecular flexibility index (Phi) is 7.86. The molecule has 3 N–H and O–H groups in total. The molecule has 0 aromatic carbocycles. The molecule has 0 aliphatic heterocycles. The number of hydrogen-bond acceptors (Lipinski definition) is 5. The first-order valence-corrected chi connectivity index (χ1v) is 7.26. The highest BCUT2D eigenvalue weighted by atomic mass is 32.1. The number of carbonyl (C=O) groups is 2. The molecule has 0 radical (unpaired) electrons. The summed E-state index contributed by atoms with van der Waals surface area (Å²) < 4.78 is 4.86. The third-order valence-electron chi connectivity index (χ3n) is 2.56. The molecule has 1 rings (SSSR count). The highest BCUT2D eigenvalue weighted by molar-refractivity contribution is 7.12. The van der Waals surface area contributed by atoms with Crippen molar-refractivity contribution in [3.8, 4) is 0 Å². The molecule has 6 nitrogen and oxygen atoms in total. The summed E-state index contributed by atoms with van der Waals surface area (Å²) in [6.07, 6.45) is 0.846. The van der Waals surface area contributed by atoms with Gasteiger partial charge in [-0.15, -0.1) is 11.3 Å². The number of nitrogens with one attached hydrogen (secondary N) is 2. The Morgan fingerprint density at radius 1 is 1.50 bits per heavy atom. The van der Waals surface area contributed by atoms with Crippen LogP contribution in [-0.2, 0) is 9.53 Å². The van der Waals surface area contributed by atoms with Gasteiger partial charge in [0.15, 0.2) is 0 Å². The summed E-state index contributed by atoms with van der Waals surface area (Å²) in [7, 11) is 1.51. The first-order chi connectivity index (χ1) is 9.67. The molecule has 1 heterocycles. The van der Waals surface area contributed by atoms with E-state index in [0.717, 1.165) is 0 Å². The predicted molar refractivity (Wildman–Crippen MR) is 76.8 cm³/mol. The van der Waals surface area contributed by atoms with Gasteiger partial charge in [-0.3, -0.25) is 9.59 Å². The van der Waals surface area contributed by atoms with E-state index < -0.39 is 0 Å². The van der Waals surface area contributed by atoms with Gasteiger partial charge in [0.2, 0.25) is 5.91 Å². The van der Waals surface area contributed by atoms with E-state index >= 15 is 0 Å². The molecule has 0 spiro atoms. The van der Waals surface area contributed by atoms with Crippen LogP contribution in [-0.4, -0.2) is 49.8 Å². The molecule has 1 unspecified atom stereocenters. The second kappa shape index (κ2) is 9.46. The first-order valence-electron chi connectivity index (χ1n) is 6.38. The van der Waals surface area contributed by atoms with Crippen LogP contribution in [0.15, 0.2) is 17.5 Å². The van der Waals surface area contributed by atoms with Gasteiger partial charge >= 0.3 is 0 Å². The molecular weight excluding hydrogens is 280 g/mol. The van der Waals surface area contributed by atoms with Gasteiger partial charge in [-0.25, -0.2) is 0 Å². The SMILES string of the molecule is COCC(CO)NC(=O)CCCNC(=O)c1cccs1. The van der Waals surface area contributed by atoms with Crippen LogP contribution < -0.4 is 10.6 Å². The van der Waals surface area contributed by atoms with Crippen LogP contribution in [0, 0.1) is 0 Å². The summed E-state index contributed by atoms with van der Waals surface area (Å²) in [6.45, 7) is 0.560. The number of amides is 2. The lowest BCUT2D eigenvalue weighted by molar-refractivity contribution is -0.122. The van der Waals surface area contributed by atoms with Gasteiger partial charge in [-0.05, 0) is 17.9 Å². The average molecular weight is 300 g/mol. The number of hydrogen-bond donors (Lipinski definition) is 3. The minimum atomic E-state index is -0.381. The van der Waals surface area contributed by atoms with E-state index in [-0.39, 0.29) is 31.1 Å². The van der Waals surface area contributed by atoms with Crippen LogP contribution in [0.4, 0.5) is 0 Å². The number of aliphatic hydroxyl groups excluding tert-OH is 1. The molecule has 7 heteroatoms. The Morgan fingerprint density at radius 3 is 2.90 bits per heavy atom. The molecule has 0 aliphatic carbocycles. The van der Waals surface area contributed by atoms with Gasteiger partial charge in [0.05, 0.1) is 24.1 Å². The van der Waals surface area contributed by atoms with E-state index in [0.29, 0.717) is 24.3 Å². The molecule has 0 saturated heterocycles. The number of carbonyl (C=O) groups excluding carboxylic acids is 2. The summed E-state index contributed by atoms with van der Waals surface area (Å²) in [4.78, 5) is 23.8. The Hall–Kier alpha value is -1.44. The van der Waals surface area contributed by atoms with Crippen LogP contribution in [0.25, 0.3) is 0 Å². The van der Waals surface area contributed by atoms with E-state index in [1.165, 1.54) is 18.4 Å². The van der Waals surface area contributed by atoms with Crippen molar-refractivity contribution < 1.29 is 19.4 Å². The van der Waals surface area contributed by atoms with Crippen molar-refractivity contribution in [1.82, 2.24) is 10.6 Å². The summed E-state index contributed by atoms with van der Waals surface area (Å²) in [5.74, 6) is -0.278. The number of rotatable bonds is 9. The van der Waals surface area contributed by atoms with Gasteiger partial charge in [0.25, 0.3) is 5.91 Å². The smallest absolute Gasteiger partial charge is 0.261 e. The highest BCUT2D eigenvalue weighted by Crippen LogP contribution is 2.07. The lowest BCUT2D eigenvalue weighted by Gasteiger charge is -2.15. The standard InChI is InChI=1S/C13H20N2O4S/c1-19-9-10(8-16)15-12(17)5-2-6-14-13(18)11-4-3-7-20-11/h3-4,7,10,16H,2,5-6,8-9H2,1H3,(H,14,18)(H,15,17). The molecule has 0 aliphatic rings. The van der Waals surface area contributed by atoms with Crippen molar-refractivity contribution >= 4 is 23.2 Å². The van der Waals surface area contributed by atoms with E-state index in [9.17, 15) is 9.59 Å². The van der Waals surface area contributed by atoms with Crippen molar-refractivity contribution in [3.05, 3.63) is 22.4 Å². The van der Waals surface area contributed by atoms with Crippen LogP contribution in [0.5, 0.6) is 0 Å². The van der Waals surface area contributed by atoms with Gasteiger partial charge in [0.1, 0.15) is 0 Å². The Morgan fingerprint density at radius 2 is 2.30 bits per heavy atom. The Labute approximate surface area is 122 Å². The maximum Gasteiger partial charge on any atom is 0.261 e. The van der Waals surface area contributed by atoms with E-state index in [1.54, 1.807) is 6.07 Å². The second-order valence-electron chi connectivity index (χ2n) is 4.24. The quantitative estimate of drug-likeness (QED) is 0.575. The van der Waals surface area contributed by atoms with Crippen molar-refractivity contribution in [3.63, 3.8) is 0 Å². The topological polar surface area (TPSA) is 87.7 Å². The highest BCUT2D eigenvalue weighted by Gasteiger charge is 2.11. The summed E-state index contributed by atoms with van der Waals surface area (Å²) >= 11 is 1.38. The fraction of sp³-hybridized carbons (Fsp3) is 0.538. The summed E-state index contributed by atoms with van der Waals surface area (Å²) in [5.41, 5.74) is 0. The summed E-state index contributed by atoms with van der Waals surface area (Å²) in [6, 6.07) is 3.19. The minimum Gasteiger partial charge on any atom is -0.394 e. The molecular formula is C13H20N2O4S. The lowest BCUT2D eigenvalue weighted by atomic mass is 10.2. The maximum absolute atomic E-state index is 11.6. The third kappa shape index (κ3) is 6.14. The fourth-order valence-electron chi connectivity index (χ4n) is 1.59. The molecule has 2 amide bonds. The van der Waals surface area contributed by atoms with Gasteiger partial charge < -0.3 is 20.5 Å². The number of thiophene rings is 1. The molecule has 1 aromatic heterocycles. The van der Waals surface area contributed by atoms with Gasteiger partial charge in [0, 0.05) is 20.1 Å². The largest absolute Gasteiger partial charge is 0.394 e. The minimum absolute atomic E-state index is 0.118. The fourth-order valence-corrected chi connectivity index (χ4v) is 2.23. The zero-order valence-electron chi connectivity index (χ0n) is 11.4. The van der Waals surface area contributed by atoms with Crippen LogP contribution >= 0.6 is 11.3 Å². The average Bonchev–Trinajstić information content (AvgIpc) is 2.97. The second-order valence-corrected chi connectivity index (χ2v) is 5.19. The molecule has 0 saturated carbocycles. The molecule has 0 fully saturated rings. The summed E-state index contributed by atoms with van der Waals surface area (Å²) in [5, 5.41) is 16.3. The molecule has 20 heavy (non-hydrogen) atoms. The molecule has 0 bridgehead atoms. The number of methoxy groups -OCH3 is 1. The van der Waals surface area contributed by atoms with E-state index in [4.69, 9.17) is 9.84 Å². The lowest BCUT2D eigenvalue weighted by Crippen LogP contribution is -2.40. The van der Waals surface area contributed by atoms with Gasteiger partial charge in [-0.2, -0.15) is 0 Å². The zero-order chi connectivity index (χ0) is 14.8. The molecule has 1 atom stereocenters. The van der Waals surface area contributed by atoms with Crippen molar-refractivity contribution in [2.24, 2.45) is 0 Å². The maximum atomic E-state index is 11.6. The van der Waals surface area contributed by atoms with Crippen molar-refractivity contribution in [2.45, 2.75) is 18.9 Å². The van der Waals surface area contributed by atoms with Crippen molar-refractivity contribution in [1.29, 1.82) is 0 Å². The van der Waals surface area contributed by atoms with Crippen LogP contribution in [0.2, 0.25) is 0 Å². The van der Waals surface area contributed by atoms with Crippen molar-refractivity contribution in [2.75, 3.05) is 26.9 Å². The van der Waals surface area contributed by atoms with Crippen LogP contribution in [0.1, 0.15) is 22.5 Å². The zero-order valence-corrected chi connectivity index (χ0v) is 12.2. The number of aliphatic hydroxyl groups is 1. The Bertz CT molecular complexity index is 409. The predicted octanol–water partition coefficient (Wildman–Crippen LogP) is 0.382. The number of ether oxygens (including phenoxy) is 1. The van der Waals surface area contributed by atoms with Gasteiger partial charge in [-0.1, -0.05) is 6.07 Å². The van der Waals surface area contributed by atoms with E-state index in [1.807, 2.05) is 11.4 Å². The van der Waals surface area contributed by atoms with Crippen LogP contribution in [0.3, 0.4) is 0 Å².